The zero-order valence-corrected chi connectivity index (χ0v) is 15.2. The molecule has 132 valence electrons. The van der Waals surface area contributed by atoms with Crippen molar-refractivity contribution in [2.24, 2.45) is 0 Å². The van der Waals surface area contributed by atoms with Crippen LogP contribution < -0.4 is 5.32 Å². The molecule has 0 saturated carbocycles. The first kappa shape index (κ1) is 18.7. The van der Waals surface area contributed by atoms with Crippen LogP contribution in [0.4, 0.5) is 5.00 Å². The second-order valence-corrected chi connectivity index (χ2v) is 6.61. The van der Waals surface area contributed by atoms with Gasteiger partial charge in [0.1, 0.15) is 5.00 Å². The summed E-state index contributed by atoms with van der Waals surface area (Å²) in [6, 6.07) is 8.62. The van der Waals surface area contributed by atoms with Gasteiger partial charge in [0.05, 0.1) is 12.7 Å². The predicted octanol–water partition coefficient (Wildman–Crippen LogP) is 3.39. The number of carbonyl (C=O) groups is 3. The van der Waals surface area contributed by atoms with Crippen molar-refractivity contribution < 1.29 is 23.9 Å². The Balaban J connectivity index is 2.36. The summed E-state index contributed by atoms with van der Waals surface area (Å²) < 4.78 is 10.2. The standard InChI is InChI=1S/C18H19NO5S/c1-10-11(2)25-16(19-12(3)20)14(10)17(21)24-15(18(22)23-4)13-8-6-5-7-9-13/h5-9,15H,1-4H3,(H,19,20)/t15-/m0/s1. The Hall–Kier alpha value is -2.67. The van der Waals surface area contributed by atoms with E-state index < -0.39 is 18.0 Å². The van der Waals surface area contributed by atoms with Gasteiger partial charge in [0.15, 0.2) is 0 Å². The number of amides is 1. The average molecular weight is 361 g/mol. The highest BCUT2D eigenvalue weighted by atomic mass is 32.1. The number of rotatable bonds is 5. The second-order valence-electron chi connectivity index (χ2n) is 5.39. The van der Waals surface area contributed by atoms with E-state index in [9.17, 15) is 14.4 Å². The molecule has 0 bridgehead atoms. The molecule has 0 fully saturated rings. The number of ether oxygens (including phenoxy) is 2. The number of methoxy groups -OCH3 is 1. The minimum atomic E-state index is -1.18. The molecule has 25 heavy (non-hydrogen) atoms. The number of esters is 2. The molecule has 0 radical (unpaired) electrons. The van der Waals surface area contributed by atoms with Crippen molar-refractivity contribution in [1.82, 2.24) is 0 Å². The molecule has 0 aliphatic heterocycles. The second kappa shape index (κ2) is 7.94. The maximum Gasteiger partial charge on any atom is 0.351 e. The van der Waals surface area contributed by atoms with Gasteiger partial charge in [-0.25, -0.2) is 9.59 Å². The normalized spacial score (nSPS) is 11.5. The number of anilines is 1. The fourth-order valence-electron chi connectivity index (χ4n) is 2.27. The molecular weight excluding hydrogens is 342 g/mol. The lowest BCUT2D eigenvalue weighted by molar-refractivity contribution is -0.151. The number of thiophene rings is 1. The zero-order chi connectivity index (χ0) is 18.6. The van der Waals surface area contributed by atoms with E-state index in [1.807, 2.05) is 6.92 Å². The molecule has 1 aromatic carbocycles. The van der Waals surface area contributed by atoms with Crippen molar-refractivity contribution >= 4 is 34.2 Å². The van der Waals surface area contributed by atoms with E-state index in [-0.39, 0.29) is 11.5 Å². The van der Waals surface area contributed by atoms with Crippen LogP contribution in [0, 0.1) is 13.8 Å². The molecule has 1 atom stereocenters. The fraction of sp³-hybridized carbons (Fsp3) is 0.278. The van der Waals surface area contributed by atoms with Crippen molar-refractivity contribution in [3.05, 3.63) is 51.9 Å². The van der Waals surface area contributed by atoms with Crippen LogP contribution in [0.5, 0.6) is 0 Å². The topological polar surface area (TPSA) is 81.7 Å². The quantitative estimate of drug-likeness (QED) is 0.826. The van der Waals surface area contributed by atoms with Gasteiger partial charge in [0.25, 0.3) is 0 Å². The van der Waals surface area contributed by atoms with Gasteiger partial charge in [0.2, 0.25) is 12.0 Å². The van der Waals surface area contributed by atoms with E-state index in [1.165, 1.54) is 25.4 Å². The van der Waals surface area contributed by atoms with Crippen molar-refractivity contribution in [1.29, 1.82) is 0 Å². The van der Waals surface area contributed by atoms with Gasteiger partial charge in [-0.1, -0.05) is 30.3 Å². The summed E-state index contributed by atoms with van der Waals surface area (Å²) in [5, 5.41) is 3.04. The van der Waals surface area contributed by atoms with Crippen LogP contribution >= 0.6 is 11.3 Å². The lowest BCUT2D eigenvalue weighted by atomic mass is 10.1. The fourth-order valence-corrected chi connectivity index (χ4v) is 3.37. The highest BCUT2D eigenvalue weighted by molar-refractivity contribution is 7.16. The molecule has 6 nitrogen and oxygen atoms in total. The number of aryl methyl sites for hydroxylation is 1. The van der Waals surface area contributed by atoms with Gasteiger partial charge in [0, 0.05) is 17.4 Å². The molecule has 0 aliphatic carbocycles. The third-order valence-corrected chi connectivity index (χ3v) is 4.74. The summed E-state index contributed by atoms with van der Waals surface area (Å²) in [7, 11) is 1.23. The van der Waals surface area contributed by atoms with Crippen LogP contribution in [0.15, 0.2) is 30.3 Å². The number of carbonyl (C=O) groups excluding carboxylic acids is 3. The largest absolute Gasteiger partial charge is 0.466 e. The van der Waals surface area contributed by atoms with Crippen LogP contribution in [-0.2, 0) is 19.1 Å². The summed E-state index contributed by atoms with van der Waals surface area (Å²) in [5.41, 5.74) is 1.46. The number of nitrogens with one attached hydrogen (secondary N) is 1. The van der Waals surface area contributed by atoms with E-state index in [1.54, 1.807) is 37.3 Å². The van der Waals surface area contributed by atoms with E-state index in [2.05, 4.69) is 5.32 Å². The molecule has 0 aliphatic rings. The Morgan fingerprint density at radius 2 is 1.76 bits per heavy atom. The van der Waals surface area contributed by atoms with E-state index in [4.69, 9.17) is 9.47 Å². The van der Waals surface area contributed by atoms with Gasteiger partial charge in [-0.3, -0.25) is 4.79 Å². The van der Waals surface area contributed by atoms with E-state index in [0.717, 1.165) is 4.88 Å². The van der Waals surface area contributed by atoms with Gasteiger partial charge >= 0.3 is 11.9 Å². The minimum absolute atomic E-state index is 0.252. The highest BCUT2D eigenvalue weighted by Crippen LogP contribution is 2.34. The molecule has 1 amide bonds. The Morgan fingerprint density at radius 3 is 2.32 bits per heavy atom. The zero-order valence-electron chi connectivity index (χ0n) is 14.4. The summed E-state index contributed by atoms with van der Waals surface area (Å²) in [6.07, 6.45) is -1.18. The monoisotopic (exact) mass is 361 g/mol. The first-order chi connectivity index (χ1) is 11.8. The maximum atomic E-state index is 12.7. The Morgan fingerprint density at radius 1 is 1.12 bits per heavy atom. The van der Waals surface area contributed by atoms with Crippen LogP contribution in [0.3, 0.4) is 0 Å². The third kappa shape index (κ3) is 4.24. The van der Waals surface area contributed by atoms with Crippen molar-refractivity contribution in [3.63, 3.8) is 0 Å². The summed E-state index contributed by atoms with van der Waals surface area (Å²) in [4.78, 5) is 37.0. The van der Waals surface area contributed by atoms with Crippen LogP contribution in [0.1, 0.15) is 39.4 Å². The van der Waals surface area contributed by atoms with Crippen LogP contribution in [0.2, 0.25) is 0 Å². The SMILES string of the molecule is COC(=O)[C@@H](OC(=O)c1c(NC(C)=O)sc(C)c1C)c1ccccc1. The van der Waals surface area contributed by atoms with Crippen molar-refractivity contribution in [3.8, 4) is 0 Å². The van der Waals surface area contributed by atoms with Gasteiger partial charge in [-0.2, -0.15) is 0 Å². The maximum absolute atomic E-state index is 12.7. The minimum Gasteiger partial charge on any atom is -0.466 e. The molecule has 0 spiro atoms. The average Bonchev–Trinajstić information content (AvgIpc) is 2.85. The van der Waals surface area contributed by atoms with Gasteiger partial charge in [-0.15, -0.1) is 11.3 Å². The van der Waals surface area contributed by atoms with Crippen molar-refractivity contribution in [2.75, 3.05) is 12.4 Å². The van der Waals surface area contributed by atoms with E-state index in [0.29, 0.717) is 16.1 Å². The van der Waals surface area contributed by atoms with Crippen LogP contribution in [0.25, 0.3) is 0 Å². The van der Waals surface area contributed by atoms with E-state index >= 15 is 0 Å². The molecule has 7 heteroatoms. The Labute approximate surface area is 149 Å². The summed E-state index contributed by atoms with van der Waals surface area (Å²) in [6.45, 7) is 4.97. The molecular formula is C18H19NO5S. The third-order valence-electron chi connectivity index (χ3n) is 3.62. The predicted molar refractivity (Wildman–Crippen MR) is 94.7 cm³/mol. The summed E-state index contributed by atoms with van der Waals surface area (Å²) in [5.74, 6) is -1.65. The molecule has 2 aromatic rings. The lowest BCUT2D eigenvalue weighted by Crippen LogP contribution is -2.22. The Kier molecular flexibility index (Phi) is 5.93. The number of benzene rings is 1. The molecule has 1 aromatic heterocycles. The van der Waals surface area contributed by atoms with Crippen LogP contribution in [-0.4, -0.2) is 25.0 Å². The first-order valence-electron chi connectivity index (χ1n) is 7.56. The molecule has 0 unspecified atom stereocenters. The van der Waals surface area contributed by atoms with Gasteiger partial charge < -0.3 is 14.8 Å². The first-order valence-corrected chi connectivity index (χ1v) is 8.38. The molecule has 0 saturated heterocycles. The molecule has 2 rings (SSSR count). The van der Waals surface area contributed by atoms with Crippen molar-refractivity contribution in [2.45, 2.75) is 26.9 Å². The smallest absolute Gasteiger partial charge is 0.351 e. The highest BCUT2D eigenvalue weighted by Gasteiger charge is 2.29. The van der Waals surface area contributed by atoms with Gasteiger partial charge in [-0.05, 0) is 19.4 Å². The summed E-state index contributed by atoms with van der Waals surface area (Å²) >= 11 is 1.29. The molecule has 1 heterocycles. The molecule has 1 N–H and O–H groups in total. The number of hydrogen-bond donors (Lipinski definition) is 1. The number of hydrogen-bond acceptors (Lipinski definition) is 6. The lowest BCUT2D eigenvalue weighted by Gasteiger charge is -2.16. The Bertz CT molecular complexity index is 797.